The number of rotatable bonds is 4. The van der Waals surface area contributed by atoms with Gasteiger partial charge in [0.2, 0.25) is 0 Å². The van der Waals surface area contributed by atoms with Gasteiger partial charge in [-0.1, -0.05) is 29.4 Å². The number of nitrogens with two attached hydrogens (primary N) is 1. The number of hydrogen-bond donors (Lipinski definition) is 2. The minimum absolute atomic E-state index is 0.0518. The number of carbonyl (C=O) groups is 2. The first-order valence-electron chi connectivity index (χ1n) is 7.75. The van der Waals surface area contributed by atoms with E-state index in [2.05, 4.69) is 10.1 Å². The van der Waals surface area contributed by atoms with E-state index in [0.717, 1.165) is 5.56 Å². The minimum Gasteiger partial charge on any atom is -0.481 e. The van der Waals surface area contributed by atoms with Gasteiger partial charge in [-0.05, 0) is 26.3 Å². The maximum Gasteiger partial charge on any atom is 0.436 e. The molecular formula is C17H21N3O5. The minimum atomic E-state index is -0.940. The van der Waals surface area contributed by atoms with Crippen molar-refractivity contribution in [2.75, 3.05) is 0 Å². The lowest BCUT2D eigenvalue weighted by molar-refractivity contribution is -0.135. The molecule has 0 bridgehead atoms. The van der Waals surface area contributed by atoms with E-state index in [9.17, 15) is 9.59 Å². The molecule has 1 heterocycles. The topological polar surface area (TPSA) is 124 Å². The number of carboxylic acid groups (broad SMARTS) is 1. The summed E-state index contributed by atoms with van der Waals surface area (Å²) >= 11 is 0. The Morgan fingerprint density at radius 1 is 1.36 bits per heavy atom. The van der Waals surface area contributed by atoms with Crippen LogP contribution in [0, 0.1) is 0 Å². The monoisotopic (exact) mass is 347 g/mol. The number of ether oxygens (including phenoxy) is 1. The highest BCUT2D eigenvalue weighted by molar-refractivity contribution is 6.02. The second kappa shape index (κ2) is 7.33. The first-order valence-corrected chi connectivity index (χ1v) is 7.75. The summed E-state index contributed by atoms with van der Waals surface area (Å²) in [5, 5.41) is 12.6. The second-order valence-corrected chi connectivity index (χ2v) is 6.63. The lowest BCUT2D eigenvalue weighted by atomic mass is 10.0. The standard InChI is InChI=1S/C17H21N3O5/c1-17(2,3)24-16(23)19-15(18)11-6-4-10(5-7-11)13-8-12(20-25-13)9-14(21)22/h4-7,13H,8-9H2,1-3H3,(H,21,22)(H2,18,19,23). The molecule has 2 rings (SSSR count). The van der Waals surface area contributed by atoms with Gasteiger partial charge in [0.05, 0.1) is 12.1 Å². The maximum absolute atomic E-state index is 11.7. The van der Waals surface area contributed by atoms with Crippen molar-refractivity contribution in [1.29, 1.82) is 0 Å². The van der Waals surface area contributed by atoms with Gasteiger partial charge in [0, 0.05) is 12.0 Å². The summed E-state index contributed by atoms with van der Waals surface area (Å²) in [6.07, 6.45) is -0.788. The highest BCUT2D eigenvalue weighted by Crippen LogP contribution is 2.28. The Balaban J connectivity index is 2.00. The van der Waals surface area contributed by atoms with Crippen molar-refractivity contribution >= 4 is 23.6 Å². The molecule has 0 aliphatic carbocycles. The summed E-state index contributed by atoms with van der Waals surface area (Å²) in [4.78, 5) is 31.3. The fourth-order valence-corrected chi connectivity index (χ4v) is 2.20. The van der Waals surface area contributed by atoms with Crippen LogP contribution in [-0.4, -0.2) is 34.3 Å². The van der Waals surface area contributed by atoms with Gasteiger partial charge in [0.25, 0.3) is 0 Å². The first-order chi connectivity index (χ1) is 11.6. The van der Waals surface area contributed by atoms with E-state index in [0.29, 0.717) is 17.7 Å². The Hall–Kier alpha value is -2.90. The highest BCUT2D eigenvalue weighted by Gasteiger charge is 2.24. The van der Waals surface area contributed by atoms with Crippen molar-refractivity contribution in [3.8, 4) is 0 Å². The molecule has 1 unspecified atom stereocenters. The molecule has 3 N–H and O–H groups in total. The van der Waals surface area contributed by atoms with E-state index in [1.165, 1.54) is 0 Å². The number of oxime groups is 1. The van der Waals surface area contributed by atoms with E-state index in [1.807, 2.05) is 0 Å². The fourth-order valence-electron chi connectivity index (χ4n) is 2.20. The zero-order chi connectivity index (χ0) is 18.6. The van der Waals surface area contributed by atoms with Crippen molar-refractivity contribution in [2.24, 2.45) is 15.9 Å². The van der Waals surface area contributed by atoms with Crippen molar-refractivity contribution in [3.05, 3.63) is 35.4 Å². The molecule has 0 saturated heterocycles. The molecule has 0 saturated carbocycles. The van der Waals surface area contributed by atoms with Crippen LogP contribution in [0.4, 0.5) is 4.79 Å². The van der Waals surface area contributed by atoms with E-state index in [4.69, 9.17) is 20.4 Å². The molecule has 8 heteroatoms. The molecule has 1 atom stereocenters. The molecule has 0 aromatic heterocycles. The number of nitrogens with zero attached hydrogens (tertiary/aromatic N) is 2. The Morgan fingerprint density at radius 2 is 2.00 bits per heavy atom. The molecule has 1 aliphatic rings. The molecule has 1 aromatic rings. The van der Waals surface area contributed by atoms with Gasteiger partial charge in [0.15, 0.2) is 6.10 Å². The summed E-state index contributed by atoms with van der Waals surface area (Å²) in [7, 11) is 0. The van der Waals surface area contributed by atoms with Gasteiger partial charge in [0.1, 0.15) is 11.4 Å². The molecule has 25 heavy (non-hydrogen) atoms. The molecule has 0 radical (unpaired) electrons. The SMILES string of the molecule is CC(C)(C)OC(=O)/N=C(/N)c1ccc(C2CC(CC(=O)O)=NO2)cc1. The third-order valence-electron chi connectivity index (χ3n) is 3.27. The average Bonchev–Trinajstić information content (AvgIpc) is 2.93. The van der Waals surface area contributed by atoms with Crippen molar-refractivity contribution in [1.82, 2.24) is 0 Å². The van der Waals surface area contributed by atoms with Gasteiger partial charge in [-0.3, -0.25) is 4.79 Å². The van der Waals surface area contributed by atoms with Gasteiger partial charge in [-0.2, -0.15) is 4.99 Å². The van der Waals surface area contributed by atoms with Crippen LogP contribution in [0.25, 0.3) is 0 Å². The number of benzene rings is 1. The number of amides is 1. The predicted molar refractivity (Wildman–Crippen MR) is 91.5 cm³/mol. The molecule has 0 spiro atoms. The quantitative estimate of drug-likeness (QED) is 0.637. The molecule has 1 aromatic carbocycles. The van der Waals surface area contributed by atoms with E-state index in [-0.39, 0.29) is 18.4 Å². The summed E-state index contributed by atoms with van der Waals surface area (Å²) in [5.41, 5.74) is 7.08. The largest absolute Gasteiger partial charge is 0.481 e. The number of carboxylic acids is 1. The number of aliphatic carboxylic acids is 1. The Kier molecular flexibility index (Phi) is 5.41. The van der Waals surface area contributed by atoms with Crippen LogP contribution in [0.15, 0.2) is 34.4 Å². The number of amidine groups is 1. The maximum atomic E-state index is 11.7. The lowest BCUT2D eigenvalue weighted by Crippen LogP contribution is -2.24. The van der Waals surface area contributed by atoms with Gasteiger partial charge < -0.3 is 20.4 Å². The van der Waals surface area contributed by atoms with Crippen molar-refractivity contribution in [3.63, 3.8) is 0 Å². The van der Waals surface area contributed by atoms with Crippen LogP contribution in [0.2, 0.25) is 0 Å². The first kappa shape index (κ1) is 18.4. The molecule has 134 valence electrons. The zero-order valence-electron chi connectivity index (χ0n) is 14.4. The predicted octanol–water partition coefficient (Wildman–Crippen LogP) is 2.62. The van der Waals surface area contributed by atoms with E-state index < -0.39 is 17.7 Å². The second-order valence-electron chi connectivity index (χ2n) is 6.63. The van der Waals surface area contributed by atoms with Crippen LogP contribution >= 0.6 is 0 Å². The molecule has 1 aliphatic heterocycles. The Labute approximate surface area is 145 Å². The lowest BCUT2D eigenvalue weighted by Gasteiger charge is -2.17. The molecule has 8 nitrogen and oxygen atoms in total. The Bertz CT molecular complexity index is 717. The van der Waals surface area contributed by atoms with Gasteiger partial charge >= 0.3 is 12.1 Å². The normalized spacial score (nSPS) is 17.6. The van der Waals surface area contributed by atoms with Crippen LogP contribution < -0.4 is 5.73 Å². The van der Waals surface area contributed by atoms with Gasteiger partial charge in [-0.25, -0.2) is 4.79 Å². The molecular weight excluding hydrogens is 326 g/mol. The zero-order valence-corrected chi connectivity index (χ0v) is 14.4. The average molecular weight is 347 g/mol. The smallest absolute Gasteiger partial charge is 0.436 e. The van der Waals surface area contributed by atoms with Crippen LogP contribution in [0.5, 0.6) is 0 Å². The summed E-state index contributed by atoms with van der Waals surface area (Å²) < 4.78 is 5.09. The van der Waals surface area contributed by atoms with Crippen LogP contribution in [0.3, 0.4) is 0 Å². The molecule has 0 fully saturated rings. The fraction of sp³-hybridized carbons (Fsp3) is 0.412. The molecule has 1 amide bonds. The van der Waals surface area contributed by atoms with Crippen LogP contribution in [-0.2, 0) is 14.4 Å². The number of aliphatic imine (C=N–C) groups is 1. The van der Waals surface area contributed by atoms with Crippen molar-refractivity contribution in [2.45, 2.75) is 45.3 Å². The summed E-state index contributed by atoms with van der Waals surface area (Å²) in [6.45, 7) is 5.23. The highest BCUT2D eigenvalue weighted by atomic mass is 16.6. The number of hydrogen-bond acceptors (Lipinski definition) is 5. The summed E-state index contributed by atoms with van der Waals surface area (Å²) in [6, 6.07) is 6.96. The van der Waals surface area contributed by atoms with Crippen LogP contribution in [0.1, 0.15) is 50.8 Å². The third-order valence-corrected chi connectivity index (χ3v) is 3.27. The Morgan fingerprint density at radius 3 is 2.56 bits per heavy atom. The van der Waals surface area contributed by atoms with E-state index in [1.54, 1.807) is 45.0 Å². The summed E-state index contributed by atoms with van der Waals surface area (Å²) in [5.74, 6) is -0.888. The van der Waals surface area contributed by atoms with Crippen molar-refractivity contribution < 1.29 is 24.3 Å². The number of carbonyl (C=O) groups excluding carboxylic acids is 1. The van der Waals surface area contributed by atoms with Gasteiger partial charge in [-0.15, -0.1) is 0 Å². The van der Waals surface area contributed by atoms with E-state index >= 15 is 0 Å². The third kappa shape index (κ3) is 5.59.